The van der Waals surface area contributed by atoms with E-state index in [1.165, 1.54) is 0 Å². The molecule has 148 valence electrons. The van der Waals surface area contributed by atoms with E-state index in [1.807, 2.05) is 63.8 Å². The van der Waals surface area contributed by atoms with Crippen LogP contribution in [-0.4, -0.2) is 38.4 Å². The second kappa shape index (κ2) is 8.40. The Kier molecular flexibility index (Phi) is 5.53. The molecule has 0 aliphatic heterocycles. The number of hydrogen-bond acceptors (Lipinski definition) is 6. The van der Waals surface area contributed by atoms with Crippen molar-refractivity contribution in [1.82, 2.24) is 24.1 Å². The van der Waals surface area contributed by atoms with E-state index in [-0.39, 0.29) is 0 Å². The highest BCUT2D eigenvalue weighted by molar-refractivity contribution is 7.98. The summed E-state index contributed by atoms with van der Waals surface area (Å²) < 4.78 is 14.8. The highest BCUT2D eigenvalue weighted by Crippen LogP contribution is 2.33. The minimum atomic E-state index is 0.601. The molecule has 1 aromatic carbocycles. The number of imidazole rings is 1. The zero-order chi connectivity index (χ0) is 20.2. The van der Waals surface area contributed by atoms with Gasteiger partial charge in [-0.05, 0) is 30.3 Å². The summed E-state index contributed by atoms with van der Waals surface area (Å²) in [6.45, 7) is 4.48. The Morgan fingerprint density at radius 1 is 1.10 bits per heavy atom. The number of rotatable bonds is 8. The second-order valence-electron chi connectivity index (χ2n) is 6.26. The van der Waals surface area contributed by atoms with Crippen LogP contribution in [0.5, 0.6) is 11.5 Å². The van der Waals surface area contributed by atoms with Gasteiger partial charge in [0.15, 0.2) is 22.5 Å². The van der Waals surface area contributed by atoms with E-state index in [1.54, 1.807) is 26.0 Å². The molecule has 0 aliphatic rings. The van der Waals surface area contributed by atoms with Crippen molar-refractivity contribution in [3.05, 3.63) is 67.1 Å². The van der Waals surface area contributed by atoms with Crippen LogP contribution in [0.4, 0.5) is 0 Å². The Bertz CT molecular complexity index is 1120. The average Bonchev–Trinajstić information content (AvgIpc) is 3.35. The molecule has 0 atom stereocenters. The van der Waals surface area contributed by atoms with Crippen molar-refractivity contribution in [3.63, 3.8) is 0 Å². The number of pyridine rings is 1. The molecule has 8 heteroatoms. The van der Waals surface area contributed by atoms with Crippen LogP contribution in [0.15, 0.2) is 66.6 Å². The number of thioether (sulfide) groups is 1. The van der Waals surface area contributed by atoms with Crippen LogP contribution in [0.2, 0.25) is 0 Å². The largest absolute Gasteiger partial charge is 0.493 e. The van der Waals surface area contributed by atoms with Gasteiger partial charge in [0.25, 0.3) is 0 Å². The second-order valence-corrected chi connectivity index (χ2v) is 7.20. The number of allylic oxidation sites excluding steroid dienone is 1. The van der Waals surface area contributed by atoms with Crippen LogP contribution in [0.1, 0.15) is 5.69 Å². The molecule has 7 nitrogen and oxygen atoms in total. The number of fused-ring (bicyclic) bond motifs is 1. The fraction of sp³-hybridized carbons (Fsp3) is 0.190. The van der Waals surface area contributed by atoms with Gasteiger partial charge in [0, 0.05) is 30.3 Å². The number of nitrogens with zero attached hydrogens (tertiary/aromatic N) is 5. The lowest BCUT2D eigenvalue weighted by Crippen LogP contribution is -2.01. The van der Waals surface area contributed by atoms with Crippen molar-refractivity contribution < 1.29 is 9.47 Å². The van der Waals surface area contributed by atoms with Crippen LogP contribution in [0.3, 0.4) is 0 Å². The van der Waals surface area contributed by atoms with Crippen molar-refractivity contribution in [2.45, 2.75) is 17.5 Å². The van der Waals surface area contributed by atoms with Crippen LogP contribution < -0.4 is 9.47 Å². The summed E-state index contributed by atoms with van der Waals surface area (Å²) in [4.78, 5) is 4.64. The van der Waals surface area contributed by atoms with Gasteiger partial charge in [0.1, 0.15) is 5.65 Å². The van der Waals surface area contributed by atoms with E-state index in [9.17, 15) is 0 Å². The SMILES string of the molecule is C=CCn1c(SCc2cn3ccccc3n2)nnc1-c1ccc(OC)c(OC)c1. The number of benzene rings is 1. The molecule has 0 aliphatic carbocycles. The third kappa shape index (κ3) is 3.84. The highest BCUT2D eigenvalue weighted by Gasteiger charge is 2.16. The molecule has 29 heavy (non-hydrogen) atoms. The molecule has 3 heterocycles. The minimum Gasteiger partial charge on any atom is -0.493 e. The fourth-order valence-electron chi connectivity index (χ4n) is 3.07. The quantitative estimate of drug-likeness (QED) is 0.324. The van der Waals surface area contributed by atoms with E-state index >= 15 is 0 Å². The first-order chi connectivity index (χ1) is 14.2. The fourth-order valence-corrected chi connectivity index (χ4v) is 3.90. The first-order valence-electron chi connectivity index (χ1n) is 9.05. The molecule has 0 unspecified atom stereocenters. The van der Waals surface area contributed by atoms with E-state index in [0.717, 1.165) is 27.9 Å². The van der Waals surface area contributed by atoms with E-state index in [0.29, 0.717) is 23.8 Å². The average molecular weight is 407 g/mol. The van der Waals surface area contributed by atoms with Crippen LogP contribution in [-0.2, 0) is 12.3 Å². The van der Waals surface area contributed by atoms with Gasteiger partial charge in [-0.15, -0.1) is 16.8 Å². The van der Waals surface area contributed by atoms with Crippen molar-refractivity contribution in [3.8, 4) is 22.9 Å². The summed E-state index contributed by atoms with van der Waals surface area (Å²) in [5, 5.41) is 9.62. The van der Waals surface area contributed by atoms with Gasteiger partial charge in [-0.1, -0.05) is 23.9 Å². The van der Waals surface area contributed by atoms with Crippen LogP contribution in [0, 0.1) is 0 Å². The lowest BCUT2D eigenvalue weighted by Gasteiger charge is -2.11. The first-order valence-corrected chi connectivity index (χ1v) is 10.0. The molecule has 4 aromatic rings. The molecule has 0 bridgehead atoms. The van der Waals surface area contributed by atoms with Gasteiger partial charge in [0.2, 0.25) is 0 Å². The van der Waals surface area contributed by atoms with Gasteiger partial charge >= 0.3 is 0 Å². The van der Waals surface area contributed by atoms with Gasteiger partial charge in [-0.25, -0.2) is 4.98 Å². The molecule has 3 aromatic heterocycles. The van der Waals surface area contributed by atoms with E-state index in [2.05, 4.69) is 21.8 Å². The maximum atomic E-state index is 5.42. The summed E-state index contributed by atoms with van der Waals surface area (Å²) in [6, 6.07) is 11.7. The Balaban J connectivity index is 1.61. The van der Waals surface area contributed by atoms with E-state index < -0.39 is 0 Å². The van der Waals surface area contributed by atoms with Crippen LogP contribution in [0.25, 0.3) is 17.0 Å². The summed E-state index contributed by atoms with van der Waals surface area (Å²) in [5.41, 5.74) is 2.82. The number of methoxy groups -OCH3 is 2. The lowest BCUT2D eigenvalue weighted by atomic mass is 10.2. The molecule has 0 N–H and O–H groups in total. The molecule has 4 rings (SSSR count). The third-order valence-corrected chi connectivity index (χ3v) is 5.43. The topological polar surface area (TPSA) is 66.5 Å². The maximum absolute atomic E-state index is 5.42. The molecule has 0 saturated carbocycles. The Labute approximate surface area is 173 Å². The molecular formula is C21H21N5O2S. The van der Waals surface area contributed by atoms with Gasteiger partial charge in [-0.2, -0.15) is 0 Å². The number of hydrogen-bond donors (Lipinski definition) is 0. The highest BCUT2D eigenvalue weighted by atomic mass is 32.2. The van der Waals surface area contributed by atoms with Gasteiger partial charge in [-0.3, -0.25) is 4.57 Å². The molecule has 0 saturated heterocycles. The predicted molar refractivity (Wildman–Crippen MR) is 114 cm³/mol. The number of aromatic nitrogens is 5. The van der Waals surface area contributed by atoms with Crippen molar-refractivity contribution in [1.29, 1.82) is 0 Å². The number of ether oxygens (including phenoxy) is 2. The normalized spacial score (nSPS) is 11.0. The summed E-state index contributed by atoms with van der Waals surface area (Å²) in [5.74, 6) is 2.77. The Morgan fingerprint density at radius 2 is 1.97 bits per heavy atom. The predicted octanol–water partition coefficient (Wildman–Crippen LogP) is 4.09. The smallest absolute Gasteiger partial charge is 0.192 e. The minimum absolute atomic E-state index is 0.601. The lowest BCUT2D eigenvalue weighted by molar-refractivity contribution is 0.355. The first kappa shape index (κ1) is 19.1. The summed E-state index contributed by atoms with van der Waals surface area (Å²) in [7, 11) is 3.23. The van der Waals surface area contributed by atoms with Crippen molar-refractivity contribution in [2.75, 3.05) is 14.2 Å². The van der Waals surface area contributed by atoms with Crippen molar-refractivity contribution >= 4 is 17.4 Å². The molecule has 0 amide bonds. The van der Waals surface area contributed by atoms with Crippen molar-refractivity contribution in [2.24, 2.45) is 0 Å². The zero-order valence-electron chi connectivity index (χ0n) is 16.3. The van der Waals surface area contributed by atoms with Gasteiger partial charge in [0.05, 0.1) is 19.9 Å². The molecule has 0 fully saturated rings. The molecular weight excluding hydrogens is 386 g/mol. The monoisotopic (exact) mass is 407 g/mol. The molecule has 0 spiro atoms. The summed E-state index contributed by atoms with van der Waals surface area (Å²) >= 11 is 1.60. The van der Waals surface area contributed by atoms with Crippen LogP contribution >= 0.6 is 11.8 Å². The third-order valence-electron chi connectivity index (χ3n) is 4.43. The standard InChI is InChI=1S/C21H21N5O2S/c1-4-10-26-20(15-8-9-17(27-2)18(12-15)28-3)23-24-21(26)29-14-16-13-25-11-6-5-7-19(25)22-16/h4-9,11-13H,1,10,14H2,2-3H3. The Morgan fingerprint density at radius 3 is 2.72 bits per heavy atom. The summed E-state index contributed by atoms with van der Waals surface area (Å²) in [6.07, 6.45) is 5.86. The van der Waals surface area contributed by atoms with E-state index in [4.69, 9.17) is 9.47 Å². The molecule has 0 radical (unpaired) electrons. The van der Waals surface area contributed by atoms with Gasteiger partial charge < -0.3 is 13.9 Å². The maximum Gasteiger partial charge on any atom is 0.192 e. The Hall–Kier alpha value is -3.26. The zero-order valence-corrected chi connectivity index (χ0v) is 17.1.